The summed E-state index contributed by atoms with van der Waals surface area (Å²) in [5, 5.41) is 0.472. The molecule has 0 spiro atoms. The average molecular weight is 429 g/mol. The highest BCUT2D eigenvalue weighted by Crippen LogP contribution is 2.21. The third-order valence-electron chi connectivity index (χ3n) is 4.53. The minimum atomic E-state index is -3.78. The maximum atomic E-state index is 12.4. The maximum absolute atomic E-state index is 12.4. The van der Waals surface area contributed by atoms with Crippen LogP contribution in [0.25, 0.3) is 0 Å². The predicted molar refractivity (Wildman–Crippen MR) is 104 cm³/mol. The first-order chi connectivity index (χ1) is 12.8. The molecule has 0 amide bonds. The molecule has 27 heavy (non-hydrogen) atoms. The zero-order chi connectivity index (χ0) is 19.5. The van der Waals surface area contributed by atoms with Gasteiger partial charge in [0, 0.05) is 17.6 Å². The van der Waals surface area contributed by atoms with Gasteiger partial charge in [0.1, 0.15) is 0 Å². The van der Waals surface area contributed by atoms with E-state index >= 15 is 0 Å². The number of rotatable bonds is 7. The van der Waals surface area contributed by atoms with Crippen LogP contribution in [-0.4, -0.2) is 22.9 Å². The molecule has 0 unspecified atom stereocenters. The monoisotopic (exact) mass is 428 g/mol. The minimum absolute atomic E-state index is 0.00521. The summed E-state index contributed by atoms with van der Waals surface area (Å²) < 4.78 is 54.8. The summed E-state index contributed by atoms with van der Waals surface area (Å²) in [7, 11) is -7.43. The van der Waals surface area contributed by atoms with Crippen LogP contribution in [0, 0.1) is 0 Å². The highest BCUT2D eigenvalue weighted by Gasteiger charge is 2.23. The van der Waals surface area contributed by atoms with E-state index in [1.165, 1.54) is 24.3 Å². The van der Waals surface area contributed by atoms with Crippen LogP contribution in [0.5, 0.6) is 0 Å². The van der Waals surface area contributed by atoms with Crippen molar-refractivity contribution < 1.29 is 16.8 Å². The van der Waals surface area contributed by atoms with Crippen LogP contribution in [0.1, 0.15) is 31.2 Å². The van der Waals surface area contributed by atoms with Gasteiger partial charge in [0.05, 0.1) is 9.79 Å². The summed E-state index contributed by atoms with van der Waals surface area (Å²) in [5.41, 5.74) is 0.655. The molecule has 1 aliphatic carbocycles. The lowest BCUT2D eigenvalue weighted by Gasteiger charge is -2.13. The zero-order valence-corrected chi connectivity index (χ0v) is 16.9. The normalized spacial score (nSPS) is 15.9. The minimum Gasteiger partial charge on any atom is -0.208 e. The molecule has 0 aromatic heterocycles. The summed E-state index contributed by atoms with van der Waals surface area (Å²) in [6.45, 7) is 0.0469. The Morgan fingerprint density at radius 2 is 1.41 bits per heavy atom. The van der Waals surface area contributed by atoms with Crippen LogP contribution in [-0.2, 0) is 26.6 Å². The molecule has 2 aromatic carbocycles. The second-order valence-electron chi connectivity index (χ2n) is 6.49. The van der Waals surface area contributed by atoms with E-state index < -0.39 is 20.0 Å². The lowest BCUT2D eigenvalue weighted by atomic mass is 10.2. The van der Waals surface area contributed by atoms with Gasteiger partial charge >= 0.3 is 0 Å². The van der Waals surface area contributed by atoms with Crippen LogP contribution in [0.15, 0.2) is 58.3 Å². The summed E-state index contributed by atoms with van der Waals surface area (Å²) in [6, 6.07) is 12.1. The van der Waals surface area contributed by atoms with Crippen molar-refractivity contribution in [3.63, 3.8) is 0 Å². The Labute approximate surface area is 165 Å². The Morgan fingerprint density at radius 1 is 0.852 bits per heavy atom. The van der Waals surface area contributed by atoms with Crippen molar-refractivity contribution >= 4 is 31.6 Å². The highest BCUT2D eigenvalue weighted by atomic mass is 35.5. The molecule has 0 atom stereocenters. The molecule has 9 heteroatoms. The first kappa shape index (κ1) is 20.3. The van der Waals surface area contributed by atoms with Crippen LogP contribution in [0.4, 0.5) is 0 Å². The number of benzene rings is 2. The van der Waals surface area contributed by atoms with Crippen molar-refractivity contribution in [2.75, 3.05) is 0 Å². The lowest BCUT2D eigenvalue weighted by molar-refractivity contribution is 0.551. The van der Waals surface area contributed by atoms with Gasteiger partial charge in [0.25, 0.3) is 0 Å². The highest BCUT2D eigenvalue weighted by molar-refractivity contribution is 7.90. The summed E-state index contributed by atoms with van der Waals surface area (Å²) in [4.78, 5) is 0.0498. The second kappa shape index (κ2) is 8.28. The van der Waals surface area contributed by atoms with E-state index in [1.807, 2.05) is 0 Å². The molecule has 2 aromatic rings. The Balaban J connectivity index is 1.71. The first-order valence-corrected chi connectivity index (χ1v) is 12.0. The van der Waals surface area contributed by atoms with Crippen LogP contribution in [0.2, 0.25) is 5.02 Å². The van der Waals surface area contributed by atoms with Gasteiger partial charge in [-0.25, -0.2) is 26.3 Å². The zero-order valence-electron chi connectivity index (χ0n) is 14.6. The van der Waals surface area contributed by atoms with Crippen molar-refractivity contribution in [1.29, 1.82) is 0 Å². The summed E-state index contributed by atoms with van der Waals surface area (Å²) in [6.07, 6.45) is 3.69. The van der Waals surface area contributed by atoms with E-state index in [4.69, 9.17) is 11.6 Å². The van der Waals surface area contributed by atoms with E-state index in [0.29, 0.717) is 10.6 Å². The Hall–Kier alpha value is -1.45. The largest absolute Gasteiger partial charge is 0.240 e. The summed E-state index contributed by atoms with van der Waals surface area (Å²) >= 11 is 6.03. The quantitative estimate of drug-likeness (QED) is 0.708. The molecular weight excluding hydrogens is 408 g/mol. The third-order valence-corrected chi connectivity index (χ3v) is 7.85. The molecule has 146 valence electrons. The molecule has 0 radical (unpaired) electrons. The molecule has 0 saturated heterocycles. The second-order valence-corrected chi connectivity index (χ2v) is 10.4. The molecule has 3 rings (SSSR count). The maximum Gasteiger partial charge on any atom is 0.240 e. The van der Waals surface area contributed by atoms with Crippen molar-refractivity contribution in [2.45, 2.75) is 48.1 Å². The van der Waals surface area contributed by atoms with Gasteiger partial charge in [-0.1, -0.05) is 42.6 Å². The number of sulfonamides is 2. The van der Waals surface area contributed by atoms with Gasteiger partial charge in [-0.3, -0.25) is 0 Å². The molecule has 1 fully saturated rings. The topological polar surface area (TPSA) is 92.3 Å². The van der Waals surface area contributed by atoms with Gasteiger partial charge in [-0.2, -0.15) is 0 Å². The molecule has 0 aliphatic heterocycles. The Morgan fingerprint density at radius 3 is 2.00 bits per heavy atom. The van der Waals surface area contributed by atoms with E-state index in [-0.39, 0.29) is 22.4 Å². The van der Waals surface area contributed by atoms with Crippen molar-refractivity contribution in [2.24, 2.45) is 0 Å². The first-order valence-electron chi connectivity index (χ1n) is 8.63. The van der Waals surface area contributed by atoms with Crippen LogP contribution >= 0.6 is 11.6 Å². The van der Waals surface area contributed by atoms with E-state index in [2.05, 4.69) is 9.44 Å². The van der Waals surface area contributed by atoms with Crippen molar-refractivity contribution in [1.82, 2.24) is 9.44 Å². The average Bonchev–Trinajstić information content (AvgIpc) is 3.13. The Bertz CT molecular complexity index is 1000. The molecule has 6 nitrogen and oxygen atoms in total. The smallest absolute Gasteiger partial charge is 0.208 e. The molecule has 1 aliphatic rings. The third kappa shape index (κ3) is 5.08. The standard InChI is InChI=1S/C18H21ClN2O4S2/c19-18-8-4-1-5-14(18)13-20-26(22,23)16-9-11-17(12-10-16)27(24,25)21-15-6-2-3-7-15/h1,4-5,8-12,15,20-21H,2-3,6-7,13H2. The Kier molecular flexibility index (Phi) is 6.22. The van der Waals surface area contributed by atoms with Gasteiger partial charge in [-0.15, -0.1) is 0 Å². The number of hydrogen-bond donors (Lipinski definition) is 2. The number of halogens is 1. The molecule has 1 saturated carbocycles. The molecule has 0 heterocycles. The van der Waals surface area contributed by atoms with Gasteiger partial charge in [0.2, 0.25) is 20.0 Å². The van der Waals surface area contributed by atoms with E-state index in [0.717, 1.165) is 25.7 Å². The SMILES string of the molecule is O=S(=O)(NCc1ccccc1Cl)c1ccc(S(=O)(=O)NC2CCCC2)cc1. The van der Waals surface area contributed by atoms with E-state index in [9.17, 15) is 16.8 Å². The molecule has 0 bridgehead atoms. The van der Waals surface area contributed by atoms with Gasteiger partial charge in [0.15, 0.2) is 0 Å². The number of nitrogens with one attached hydrogen (secondary N) is 2. The number of hydrogen-bond acceptors (Lipinski definition) is 4. The van der Waals surface area contributed by atoms with Crippen molar-refractivity contribution in [3.8, 4) is 0 Å². The summed E-state index contributed by atoms with van der Waals surface area (Å²) in [5.74, 6) is 0. The van der Waals surface area contributed by atoms with Crippen LogP contribution < -0.4 is 9.44 Å². The predicted octanol–water partition coefficient (Wildman–Crippen LogP) is 3.04. The molecule has 2 N–H and O–H groups in total. The lowest BCUT2D eigenvalue weighted by Crippen LogP contribution is -2.32. The van der Waals surface area contributed by atoms with Crippen LogP contribution in [0.3, 0.4) is 0 Å². The fourth-order valence-corrected chi connectivity index (χ4v) is 5.54. The van der Waals surface area contributed by atoms with E-state index in [1.54, 1.807) is 24.3 Å². The fourth-order valence-electron chi connectivity index (χ4n) is 3.03. The fraction of sp³-hybridized carbons (Fsp3) is 0.333. The van der Waals surface area contributed by atoms with Gasteiger partial charge < -0.3 is 0 Å². The molecular formula is C18H21ClN2O4S2. The van der Waals surface area contributed by atoms with Gasteiger partial charge in [-0.05, 0) is 48.7 Å². The van der Waals surface area contributed by atoms with Crippen molar-refractivity contribution in [3.05, 3.63) is 59.1 Å².